The third-order valence-corrected chi connectivity index (χ3v) is 3.21. The molecule has 1 saturated heterocycles. The van der Waals surface area contributed by atoms with Gasteiger partial charge in [0.15, 0.2) is 0 Å². The molecule has 0 amide bonds. The quantitative estimate of drug-likeness (QED) is 0.742. The molecule has 0 bridgehead atoms. The smallest absolute Gasteiger partial charge is 0.300 e. The van der Waals surface area contributed by atoms with Gasteiger partial charge in [0, 0.05) is 19.3 Å². The Hall–Kier alpha value is -1.19. The van der Waals surface area contributed by atoms with Gasteiger partial charge >= 0.3 is 0 Å². The van der Waals surface area contributed by atoms with Gasteiger partial charge in [-0.05, 0) is 17.1 Å². The summed E-state index contributed by atoms with van der Waals surface area (Å²) in [5.74, 6) is -4.64. The van der Waals surface area contributed by atoms with Crippen LogP contribution >= 0.6 is 0 Å². The molecule has 1 aromatic rings. The lowest BCUT2D eigenvalue weighted by Crippen LogP contribution is -2.37. The van der Waals surface area contributed by atoms with Crippen molar-refractivity contribution in [2.75, 3.05) is 37.0 Å². The Morgan fingerprint density at radius 2 is 2.16 bits per heavy atom. The van der Waals surface area contributed by atoms with E-state index in [1.54, 1.807) is 4.90 Å². The Bertz CT molecular complexity index is 469. The van der Waals surface area contributed by atoms with Crippen molar-refractivity contribution in [1.29, 1.82) is 0 Å². The molecule has 6 nitrogen and oxygen atoms in total. The van der Waals surface area contributed by atoms with Gasteiger partial charge in [-0.2, -0.15) is 8.78 Å². The molecule has 0 aliphatic carbocycles. The maximum atomic E-state index is 13.6. The van der Waals surface area contributed by atoms with Crippen LogP contribution in [0.1, 0.15) is 5.69 Å². The lowest BCUT2D eigenvalue weighted by molar-refractivity contribution is 0.0161. The number of ether oxygens (including phenoxy) is 1. The van der Waals surface area contributed by atoms with Crippen molar-refractivity contribution >= 4 is 17.0 Å². The van der Waals surface area contributed by atoms with Crippen LogP contribution in [0, 0.1) is 0 Å². The Morgan fingerprint density at radius 1 is 1.47 bits per heavy atom. The van der Waals surface area contributed by atoms with Crippen molar-refractivity contribution in [3.05, 3.63) is 18.0 Å². The molecule has 1 unspecified atom stereocenters. The first-order chi connectivity index (χ1) is 8.99. The summed E-state index contributed by atoms with van der Waals surface area (Å²) in [5, 5.41) is 0. The van der Waals surface area contributed by atoms with Crippen LogP contribution < -0.4 is 4.90 Å². The molecule has 0 spiro atoms. The van der Waals surface area contributed by atoms with E-state index in [1.807, 2.05) is 0 Å². The van der Waals surface area contributed by atoms with Crippen molar-refractivity contribution in [1.82, 2.24) is 9.97 Å². The fourth-order valence-corrected chi connectivity index (χ4v) is 2.13. The molecule has 0 aromatic carbocycles. The zero-order valence-corrected chi connectivity index (χ0v) is 10.7. The maximum absolute atomic E-state index is 13.6. The average molecular weight is 292 g/mol. The van der Waals surface area contributed by atoms with Crippen molar-refractivity contribution in [3.8, 4) is 0 Å². The van der Waals surface area contributed by atoms with Crippen LogP contribution in [0.2, 0.25) is 0 Å². The topological polar surface area (TPSA) is 78.4 Å². The summed E-state index contributed by atoms with van der Waals surface area (Å²) in [7, 11) is 0. The van der Waals surface area contributed by atoms with Crippen LogP contribution in [-0.2, 0) is 21.7 Å². The molecule has 1 aromatic heterocycles. The number of alkyl halides is 2. The third-order valence-electron chi connectivity index (χ3n) is 2.61. The molecule has 1 fully saturated rings. The second-order valence-corrected chi connectivity index (χ2v) is 4.89. The molecule has 1 aliphatic heterocycles. The highest BCUT2D eigenvalue weighted by Gasteiger charge is 2.34. The summed E-state index contributed by atoms with van der Waals surface area (Å²) in [4.78, 5) is 9.40. The van der Waals surface area contributed by atoms with E-state index in [4.69, 9.17) is 4.74 Å². The van der Waals surface area contributed by atoms with Gasteiger partial charge in [-0.3, -0.25) is 4.21 Å². The zero-order valence-electron chi connectivity index (χ0n) is 9.92. The zero-order chi connectivity index (χ0) is 13.9. The van der Waals surface area contributed by atoms with E-state index in [1.165, 1.54) is 6.20 Å². The van der Waals surface area contributed by atoms with Gasteiger partial charge < -0.3 is 14.2 Å². The summed E-state index contributed by atoms with van der Waals surface area (Å²) < 4.78 is 53.2. The number of nitrogens with zero attached hydrogens (tertiary/aromatic N) is 3. The molecule has 2 heterocycles. The fourth-order valence-electron chi connectivity index (χ4n) is 1.69. The van der Waals surface area contributed by atoms with Crippen molar-refractivity contribution in [2.45, 2.75) is 5.92 Å². The van der Waals surface area contributed by atoms with Crippen LogP contribution in [0.3, 0.4) is 0 Å². The minimum Gasteiger partial charge on any atom is -0.772 e. The molecule has 1 atom stereocenters. The number of hydrogen-bond donors (Lipinski definition) is 0. The van der Waals surface area contributed by atoms with Gasteiger partial charge in [-0.25, -0.2) is 9.97 Å². The van der Waals surface area contributed by atoms with Crippen molar-refractivity contribution in [3.63, 3.8) is 0 Å². The Labute approximate surface area is 111 Å². The van der Waals surface area contributed by atoms with Gasteiger partial charge in [-0.1, -0.05) is 0 Å². The van der Waals surface area contributed by atoms with Gasteiger partial charge in [0.2, 0.25) is 5.95 Å². The van der Waals surface area contributed by atoms with Crippen LogP contribution in [0.4, 0.5) is 14.7 Å². The van der Waals surface area contributed by atoms with E-state index < -0.39 is 28.4 Å². The first-order valence-electron chi connectivity index (χ1n) is 5.59. The van der Waals surface area contributed by atoms with Crippen LogP contribution in [-0.4, -0.2) is 50.8 Å². The molecule has 106 valence electrons. The third kappa shape index (κ3) is 3.64. The standard InChI is InChI=1S/C10H13F2N3O3S/c11-10(12,7-19(16)17)8-1-2-13-9(14-8)15-3-5-18-6-4-15/h1-2H,3-7H2,(H,16,17)/p-1. The molecule has 0 N–H and O–H groups in total. The second-order valence-electron chi connectivity index (χ2n) is 3.99. The summed E-state index contributed by atoms with van der Waals surface area (Å²) >= 11 is -2.84. The number of hydrogen-bond acceptors (Lipinski definition) is 6. The van der Waals surface area contributed by atoms with E-state index in [0.717, 1.165) is 6.07 Å². The Kier molecular flexibility index (Phi) is 4.38. The maximum Gasteiger partial charge on any atom is 0.300 e. The van der Waals surface area contributed by atoms with E-state index in [9.17, 15) is 17.5 Å². The predicted molar refractivity (Wildman–Crippen MR) is 62.7 cm³/mol. The van der Waals surface area contributed by atoms with E-state index >= 15 is 0 Å². The highest BCUT2D eigenvalue weighted by molar-refractivity contribution is 7.79. The summed E-state index contributed by atoms with van der Waals surface area (Å²) in [5.41, 5.74) is -0.590. The molecule has 0 radical (unpaired) electrons. The largest absolute Gasteiger partial charge is 0.772 e. The normalized spacial score (nSPS) is 18.4. The second kappa shape index (κ2) is 5.85. The van der Waals surface area contributed by atoms with Crippen LogP contribution in [0.25, 0.3) is 0 Å². The minimum absolute atomic E-state index is 0.164. The first kappa shape index (κ1) is 14.2. The highest BCUT2D eigenvalue weighted by Crippen LogP contribution is 2.27. The van der Waals surface area contributed by atoms with E-state index in [2.05, 4.69) is 9.97 Å². The molecule has 19 heavy (non-hydrogen) atoms. The molecule has 2 rings (SSSR count). The number of rotatable bonds is 4. The van der Waals surface area contributed by atoms with E-state index in [-0.39, 0.29) is 5.95 Å². The number of halogens is 2. The summed E-state index contributed by atoms with van der Waals surface area (Å²) in [6, 6.07) is 1.02. The molecular weight excluding hydrogens is 280 g/mol. The summed E-state index contributed by atoms with van der Waals surface area (Å²) in [6.07, 6.45) is 1.20. The number of morpholine rings is 1. The lowest BCUT2D eigenvalue weighted by Gasteiger charge is -2.27. The van der Waals surface area contributed by atoms with Crippen molar-refractivity contribution < 1.29 is 22.3 Å². The lowest BCUT2D eigenvalue weighted by atomic mass is 10.2. The van der Waals surface area contributed by atoms with Crippen molar-refractivity contribution in [2.24, 2.45) is 0 Å². The summed E-state index contributed by atoms with van der Waals surface area (Å²) in [6.45, 7) is 1.99. The highest BCUT2D eigenvalue weighted by atomic mass is 32.2. The molecular formula is C10H12F2N3O3S-. The SMILES string of the molecule is O=S([O-])CC(F)(F)c1ccnc(N2CCOCC2)n1. The molecule has 9 heteroatoms. The fraction of sp³-hybridized carbons (Fsp3) is 0.600. The number of anilines is 1. The Balaban J connectivity index is 2.20. The monoisotopic (exact) mass is 292 g/mol. The minimum atomic E-state index is -3.52. The first-order valence-corrected chi connectivity index (χ1v) is 6.83. The van der Waals surface area contributed by atoms with Gasteiger partial charge in [0.25, 0.3) is 5.92 Å². The van der Waals surface area contributed by atoms with Crippen LogP contribution in [0.15, 0.2) is 12.3 Å². The van der Waals surface area contributed by atoms with E-state index in [0.29, 0.717) is 26.3 Å². The predicted octanol–water partition coefficient (Wildman–Crippen LogP) is 0.284. The average Bonchev–Trinajstić information content (AvgIpc) is 2.38. The van der Waals surface area contributed by atoms with Gasteiger partial charge in [-0.15, -0.1) is 0 Å². The van der Waals surface area contributed by atoms with Gasteiger partial charge in [0.1, 0.15) is 5.69 Å². The van der Waals surface area contributed by atoms with Crippen LogP contribution in [0.5, 0.6) is 0 Å². The molecule has 1 aliphatic rings. The molecule has 0 saturated carbocycles. The Morgan fingerprint density at radius 3 is 2.79 bits per heavy atom. The van der Waals surface area contributed by atoms with Gasteiger partial charge in [0.05, 0.1) is 19.0 Å². The number of aromatic nitrogens is 2.